The molecule has 1 saturated heterocycles. The van der Waals surface area contributed by atoms with Crippen LogP contribution in [-0.4, -0.2) is 48.0 Å². The first-order chi connectivity index (χ1) is 10.3. The van der Waals surface area contributed by atoms with Crippen LogP contribution in [0.3, 0.4) is 0 Å². The Bertz CT molecular complexity index is 397. The van der Waals surface area contributed by atoms with E-state index in [9.17, 15) is 5.11 Å². The first-order valence-electron chi connectivity index (χ1n) is 9.38. The van der Waals surface area contributed by atoms with Gasteiger partial charge in [-0.05, 0) is 62.3 Å². The topological polar surface area (TPSA) is 32.7 Å². The van der Waals surface area contributed by atoms with Crippen LogP contribution in [0.15, 0.2) is 0 Å². The van der Waals surface area contributed by atoms with Crippen LogP contribution in [0.25, 0.3) is 0 Å². The molecule has 1 N–H and O–H groups in total. The molecular weight excluding hydrogens is 274 g/mol. The Morgan fingerprint density at radius 2 is 2.00 bits per heavy atom. The summed E-state index contributed by atoms with van der Waals surface area (Å²) in [6.45, 7) is 11.9. The van der Waals surface area contributed by atoms with Gasteiger partial charge in [-0.2, -0.15) is 0 Å². The Balaban J connectivity index is 1.49. The van der Waals surface area contributed by atoms with Gasteiger partial charge in [-0.25, -0.2) is 0 Å². The van der Waals surface area contributed by atoms with Gasteiger partial charge in [0.1, 0.15) is 0 Å². The molecule has 22 heavy (non-hydrogen) atoms. The largest absolute Gasteiger partial charge is 0.389 e. The van der Waals surface area contributed by atoms with E-state index in [4.69, 9.17) is 4.74 Å². The summed E-state index contributed by atoms with van der Waals surface area (Å²) >= 11 is 0. The molecule has 2 aliphatic carbocycles. The van der Waals surface area contributed by atoms with Crippen molar-refractivity contribution in [2.45, 2.75) is 84.5 Å². The molecule has 5 atom stereocenters. The number of β-amino-alcohol motifs (C(OH)–C–C–N with tert-alkyl or cyclic N) is 1. The van der Waals surface area contributed by atoms with E-state index in [0.717, 1.165) is 19.0 Å². The highest BCUT2D eigenvalue weighted by molar-refractivity contribution is 5.11. The fourth-order valence-electron chi connectivity index (χ4n) is 5.36. The summed E-state index contributed by atoms with van der Waals surface area (Å²) in [7, 11) is 0. The molecule has 0 aromatic rings. The molecule has 3 nitrogen and oxygen atoms in total. The van der Waals surface area contributed by atoms with Gasteiger partial charge in [-0.15, -0.1) is 0 Å². The third-order valence-corrected chi connectivity index (χ3v) is 7.59. The van der Waals surface area contributed by atoms with Crippen molar-refractivity contribution in [1.82, 2.24) is 4.90 Å². The second-order valence-electron chi connectivity index (χ2n) is 8.93. The molecule has 0 unspecified atom stereocenters. The lowest BCUT2D eigenvalue weighted by Crippen LogP contribution is -2.44. The van der Waals surface area contributed by atoms with Crippen LogP contribution in [0.4, 0.5) is 0 Å². The van der Waals surface area contributed by atoms with Crippen LogP contribution in [0.5, 0.6) is 0 Å². The van der Waals surface area contributed by atoms with Gasteiger partial charge in [0.25, 0.3) is 0 Å². The van der Waals surface area contributed by atoms with Crippen molar-refractivity contribution >= 4 is 0 Å². The first kappa shape index (κ1) is 16.7. The van der Waals surface area contributed by atoms with Crippen molar-refractivity contribution < 1.29 is 9.84 Å². The summed E-state index contributed by atoms with van der Waals surface area (Å²) in [4.78, 5) is 2.43. The molecule has 3 heteroatoms. The average molecular weight is 309 g/mol. The number of piperidine rings is 1. The Kier molecular flexibility index (Phi) is 4.61. The van der Waals surface area contributed by atoms with E-state index < -0.39 is 0 Å². The maximum absolute atomic E-state index is 10.4. The molecule has 0 aromatic carbocycles. The maximum Gasteiger partial charge on any atom is 0.0900 e. The minimum Gasteiger partial charge on any atom is -0.389 e. The molecule has 0 radical (unpaired) electrons. The van der Waals surface area contributed by atoms with Crippen molar-refractivity contribution in [1.29, 1.82) is 0 Å². The SMILES string of the molecule is C[C@@H]1CCCCN1C[C@H](O)CO[C@@H]1C[C@@H]2CC[C@]1(C)C2(C)C. The van der Waals surface area contributed by atoms with E-state index in [1.54, 1.807) is 0 Å². The van der Waals surface area contributed by atoms with Gasteiger partial charge < -0.3 is 9.84 Å². The summed E-state index contributed by atoms with van der Waals surface area (Å²) < 4.78 is 6.24. The lowest BCUT2D eigenvalue weighted by atomic mass is 9.70. The molecule has 3 rings (SSSR count). The molecule has 1 aliphatic heterocycles. The summed E-state index contributed by atoms with van der Waals surface area (Å²) in [5, 5.41) is 10.4. The lowest BCUT2D eigenvalue weighted by Gasteiger charge is -2.39. The zero-order valence-corrected chi connectivity index (χ0v) is 15.0. The van der Waals surface area contributed by atoms with E-state index in [1.807, 2.05) is 0 Å². The van der Waals surface area contributed by atoms with Gasteiger partial charge in [-0.3, -0.25) is 4.90 Å². The van der Waals surface area contributed by atoms with Crippen molar-refractivity contribution in [2.75, 3.05) is 19.7 Å². The Morgan fingerprint density at radius 3 is 2.59 bits per heavy atom. The summed E-state index contributed by atoms with van der Waals surface area (Å²) in [5.74, 6) is 0.807. The Labute approximate surface area is 136 Å². The first-order valence-corrected chi connectivity index (χ1v) is 9.38. The number of likely N-dealkylation sites (tertiary alicyclic amines) is 1. The number of hydrogen-bond acceptors (Lipinski definition) is 3. The fourth-order valence-corrected chi connectivity index (χ4v) is 5.36. The average Bonchev–Trinajstić information content (AvgIpc) is 2.80. The normalized spacial score (nSPS) is 42.7. The summed E-state index contributed by atoms with van der Waals surface area (Å²) in [5.41, 5.74) is 0.694. The number of fused-ring (bicyclic) bond motifs is 2. The van der Waals surface area contributed by atoms with E-state index in [2.05, 4.69) is 32.6 Å². The van der Waals surface area contributed by atoms with Gasteiger partial charge in [0.05, 0.1) is 18.8 Å². The Hall–Kier alpha value is -0.120. The Morgan fingerprint density at radius 1 is 1.23 bits per heavy atom. The van der Waals surface area contributed by atoms with Gasteiger partial charge in [0, 0.05) is 12.6 Å². The zero-order valence-electron chi connectivity index (χ0n) is 15.0. The molecule has 128 valence electrons. The number of hydrogen-bond donors (Lipinski definition) is 1. The number of aliphatic hydroxyl groups excluding tert-OH is 1. The van der Waals surface area contributed by atoms with Gasteiger partial charge >= 0.3 is 0 Å². The molecule has 3 aliphatic rings. The minimum absolute atomic E-state index is 0.301. The second kappa shape index (κ2) is 6.07. The van der Waals surface area contributed by atoms with Crippen LogP contribution in [0.1, 0.15) is 66.2 Å². The second-order valence-corrected chi connectivity index (χ2v) is 8.93. The molecule has 0 spiro atoms. The van der Waals surface area contributed by atoms with Crippen molar-refractivity contribution in [3.63, 3.8) is 0 Å². The maximum atomic E-state index is 10.4. The monoisotopic (exact) mass is 309 g/mol. The lowest BCUT2D eigenvalue weighted by molar-refractivity contribution is -0.0816. The van der Waals surface area contributed by atoms with Crippen LogP contribution in [0, 0.1) is 16.7 Å². The van der Waals surface area contributed by atoms with Crippen molar-refractivity contribution in [3.8, 4) is 0 Å². The summed E-state index contributed by atoms with van der Waals surface area (Å²) in [6, 6.07) is 0.613. The molecular formula is C19H35NO2. The highest BCUT2D eigenvalue weighted by Gasteiger charge is 2.61. The number of nitrogens with zero attached hydrogens (tertiary/aromatic N) is 1. The summed E-state index contributed by atoms with van der Waals surface area (Å²) in [6.07, 6.45) is 7.71. The van der Waals surface area contributed by atoms with Crippen molar-refractivity contribution in [3.05, 3.63) is 0 Å². The third kappa shape index (κ3) is 2.74. The smallest absolute Gasteiger partial charge is 0.0900 e. The standard InChI is InChI=1S/C19H35NO2/c1-14-7-5-6-10-20(14)12-16(21)13-22-17-11-15-8-9-19(17,4)18(15,2)3/h14-17,21H,5-13H2,1-4H3/t14-,15+,16+,17-,19+/m1/s1. The van der Waals surface area contributed by atoms with Gasteiger partial charge in [0.15, 0.2) is 0 Å². The molecule has 3 fully saturated rings. The van der Waals surface area contributed by atoms with Crippen LogP contribution < -0.4 is 0 Å². The predicted molar refractivity (Wildman–Crippen MR) is 89.9 cm³/mol. The molecule has 0 aromatic heterocycles. The van der Waals surface area contributed by atoms with Crippen LogP contribution >= 0.6 is 0 Å². The third-order valence-electron chi connectivity index (χ3n) is 7.59. The van der Waals surface area contributed by atoms with E-state index >= 15 is 0 Å². The molecule has 2 bridgehead atoms. The van der Waals surface area contributed by atoms with Gasteiger partial charge in [0.2, 0.25) is 0 Å². The quantitative estimate of drug-likeness (QED) is 0.844. The predicted octanol–water partition coefficient (Wildman–Crippen LogP) is 3.45. The van der Waals surface area contributed by atoms with Crippen LogP contribution in [-0.2, 0) is 4.74 Å². The molecule has 0 amide bonds. The van der Waals surface area contributed by atoms with Crippen LogP contribution in [0.2, 0.25) is 0 Å². The zero-order chi connectivity index (χ0) is 16.0. The molecule has 1 heterocycles. The number of ether oxygens (including phenoxy) is 1. The number of rotatable bonds is 5. The highest BCUT2D eigenvalue weighted by atomic mass is 16.5. The van der Waals surface area contributed by atoms with Crippen molar-refractivity contribution in [2.24, 2.45) is 16.7 Å². The number of aliphatic hydroxyl groups is 1. The fraction of sp³-hybridized carbons (Fsp3) is 1.00. The van der Waals surface area contributed by atoms with E-state index in [1.165, 1.54) is 38.5 Å². The van der Waals surface area contributed by atoms with Gasteiger partial charge in [-0.1, -0.05) is 27.2 Å². The highest BCUT2D eigenvalue weighted by Crippen LogP contribution is 2.66. The molecule has 2 saturated carbocycles. The van der Waals surface area contributed by atoms with E-state index in [0.29, 0.717) is 29.6 Å². The van der Waals surface area contributed by atoms with E-state index in [-0.39, 0.29) is 6.10 Å². The minimum atomic E-state index is -0.341.